The largest absolute Gasteiger partial charge is 0.416 e. The molecular weight excluding hydrogens is 357 g/mol. The quantitative estimate of drug-likeness (QED) is 0.722. The predicted molar refractivity (Wildman–Crippen MR) is 95.3 cm³/mol. The molecule has 1 saturated carbocycles. The number of alkyl halides is 3. The SMILES string of the molecule is O[C@H]1CC[C@@H](Nc2ccn3ncc(-c4cccc(C(F)(F)F)c4)c3n2)CC1. The third-order valence-electron chi connectivity index (χ3n) is 4.92. The number of anilines is 1. The average molecular weight is 376 g/mol. The molecule has 0 spiro atoms. The van der Waals surface area contributed by atoms with Crippen LogP contribution in [0.2, 0.25) is 0 Å². The van der Waals surface area contributed by atoms with Gasteiger partial charge in [0.2, 0.25) is 0 Å². The summed E-state index contributed by atoms with van der Waals surface area (Å²) >= 11 is 0. The molecule has 27 heavy (non-hydrogen) atoms. The summed E-state index contributed by atoms with van der Waals surface area (Å²) in [7, 11) is 0. The number of hydrogen-bond donors (Lipinski definition) is 2. The van der Waals surface area contributed by atoms with Gasteiger partial charge in [-0.3, -0.25) is 0 Å². The topological polar surface area (TPSA) is 62.5 Å². The van der Waals surface area contributed by atoms with E-state index in [0.29, 0.717) is 22.6 Å². The summed E-state index contributed by atoms with van der Waals surface area (Å²) in [5.41, 5.74) is 0.763. The van der Waals surface area contributed by atoms with E-state index >= 15 is 0 Å². The van der Waals surface area contributed by atoms with Gasteiger partial charge in [-0.15, -0.1) is 0 Å². The lowest BCUT2D eigenvalue weighted by Crippen LogP contribution is -2.28. The Balaban J connectivity index is 1.65. The molecule has 5 nitrogen and oxygen atoms in total. The van der Waals surface area contributed by atoms with Gasteiger partial charge in [0.15, 0.2) is 5.65 Å². The molecule has 3 aromatic rings. The second-order valence-electron chi connectivity index (χ2n) is 6.87. The first-order valence-electron chi connectivity index (χ1n) is 8.87. The summed E-state index contributed by atoms with van der Waals surface area (Å²) in [5, 5.41) is 17.2. The second-order valence-corrected chi connectivity index (χ2v) is 6.87. The Bertz CT molecular complexity index is 946. The minimum absolute atomic E-state index is 0.225. The van der Waals surface area contributed by atoms with E-state index in [0.717, 1.165) is 37.8 Å². The molecule has 0 unspecified atom stereocenters. The van der Waals surface area contributed by atoms with Crippen LogP contribution in [0.15, 0.2) is 42.7 Å². The van der Waals surface area contributed by atoms with Gasteiger partial charge in [-0.05, 0) is 49.4 Å². The van der Waals surface area contributed by atoms with Gasteiger partial charge in [0.05, 0.1) is 17.9 Å². The fraction of sp³-hybridized carbons (Fsp3) is 0.368. The number of aliphatic hydroxyl groups is 1. The summed E-state index contributed by atoms with van der Waals surface area (Å²) < 4.78 is 40.6. The second kappa shape index (κ2) is 6.84. The summed E-state index contributed by atoms with van der Waals surface area (Å²) in [5.74, 6) is 0.651. The smallest absolute Gasteiger partial charge is 0.393 e. The Morgan fingerprint density at radius 2 is 1.89 bits per heavy atom. The van der Waals surface area contributed by atoms with Crippen LogP contribution in [0.3, 0.4) is 0 Å². The predicted octanol–water partition coefficient (Wildman–Crippen LogP) is 4.13. The van der Waals surface area contributed by atoms with Crippen LogP contribution in [0.1, 0.15) is 31.2 Å². The number of aromatic nitrogens is 3. The van der Waals surface area contributed by atoms with E-state index in [1.54, 1.807) is 22.8 Å². The number of benzene rings is 1. The average Bonchev–Trinajstić information content (AvgIpc) is 3.06. The van der Waals surface area contributed by atoms with Gasteiger partial charge >= 0.3 is 6.18 Å². The highest BCUT2D eigenvalue weighted by atomic mass is 19.4. The van der Waals surface area contributed by atoms with Crippen LogP contribution in [0, 0.1) is 0 Å². The summed E-state index contributed by atoms with van der Waals surface area (Å²) in [6.45, 7) is 0. The van der Waals surface area contributed by atoms with Crippen LogP contribution >= 0.6 is 0 Å². The molecule has 0 atom stereocenters. The molecule has 1 aliphatic carbocycles. The molecule has 1 fully saturated rings. The third kappa shape index (κ3) is 3.75. The minimum Gasteiger partial charge on any atom is -0.393 e. The van der Waals surface area contributed by atoms with E-state index in [9.17, 15) is 18.3 Å². The van der Waals surface area contributed by atoms with Crippen molar-refractivity contribution in [3.8, 4) is 11.1 Å². The molecule has 1 aliphatic rings. The fourth-order valence-corrected chi connectivity index (χ4v) is 3.45. The van der Waals surface area contributed by atoms with Crippen molar-refractivity contribution in [2.45, 2.75) is 44.0 Å². The molecule has 0 bridgehead atoms. The van der Waals surface area contributed by atoms with E-state index in [4.69, 9.17) is 0 Å². The summed E-state index contributed by atoms with van der Waals surface area (Å²) in [6, 6.07) is 7.19. The molecule has 142 valence electrons. The maximum Gasteiger partial charge on any atom is 0.416 e. The van der Waals surface area contributed by atoms with Gasteiger partial charge in [0, 0.05) is 17.8 Å². The van der Waals surface area contributed by atoms with Crippen molar-refractivity contribution in [3.05, 3.63) is 48.3 Å². The van der Waals surface area contributed by atoms with Crippen LogP contribution in [-0.2, 0) is 6.18 Å². The van der Waals surface area contributed by atoms with Crippen LogP contribution in [0.4, 0.5) is 19.0 Å². The van der Waals surface area contributed by atoms with Crippen LogP contribution in [-0.4, -0.2) is 31.9 Å². The lowest BCUT2D eigenvalue weighted by atomic mass is 9.93. The number of rotatable bonds is 3. The maximum atomic E-state index is 13.0. The van der Waals surface area contributed by atoms with E-state index in [-0.39, 0.29) is 12.1 Å². The lowest BCUT2D eigenvalue weighted by Gasteiger charge is -2.26. The van der Waals surface area contributed by atoms with Crippen molar-refractivity contribution in [2.75, 3.05) is 5.32 Å². The van der Waals surface area contributed by atoms with E-state index in [1.165, 1.54) is 12.3 Å². The summed E-state index contributed by atoms with van der Waals surface area (Å²) in [4.78, 5) is 4.56. The van der Waals surface area contributed by atoms with Crippen molar-refractivity contribution >= 4 is 11.5 Å². The minimum atomic E-state index is -4.40. The number of nitrogens with one attached hydrogen (secondary N) is 1. The van der Waals surface area contributed by atoms with Crippen molar-refractivity contribution in [3.63, 3.8) is 0 Å². The fourth-order valence-electron chi connectivity index (χ4n) is 3.45. The number of aliphatic hydroxyl groups excluding tert-OH is 1. The Hall–Kier alpha value is -2.61. The van der Waals surface area contributed by atoms with Crippen molar-refractivity contribution in [1.29, 1.82) is 0 Å². The maximum absolute atomic E-state index is 13.0. The van der Waals surface area contributed by atoms with E-state index in [1.807, 2.05) is 0 Å². The monoisotopic (exact) mass is 376 g/mol. The van der Waals surface area contributed by atoms with Gasteiger partial charge in [0.25, 0.3) is 0 Å². The van der Waals surface area contributed by atoms with E-state index in [2.05, 4.69) is 15.4 Å². The molecule has 1 aromatic carbocycles. The van der Waals surface area contributed by atoms with E-state index < -0.39 is 11.7 Å². The molecule has 0 radical (unpaired) electrons. The highest BCUT2D eigenvalue weighted by Gasteiger charge is 2.30. The Kier molecular flexibility index (Phi) is 4.51. The third-order valence-corrected chi connectivity index (χ3v) is 4.92. The standard InChI is InChI=1S/C19H19F3N4O/c20-19(21,22)13-3-1-2-12(10-13)16-11-23-26-9-8-17(25-18(16)26)24-14-4-6-15(27)7-5-14/h1-3,8-11,14-15,27H,4-7H2,(H,24,25)/t14-,15+. The molecule has 2 heterocycles. The first-order valence-corrected chi connectivity index (χ1v) is 8.87. The number of hydrogen-bond acceptors (Lipinski definition) is 4. The Morgan fingerprint density at radius 1 is 1.11 bits per heavy atom. The Labute approximate surface area is 153 Å². The zero-order valence-corrected chi connectivity index (χ0v) is 14.4. The van der Waals surface area contributed by atoms with Gasteiger partial charge in [-0.2, -0.15) is 18.3 Å². The van der Waals surface area contributed by atoms with Crippen LogP contribution in [0.5, 0.6) is 0 Å². The zero-order chi connectivity index (χ0) is 19.0. The molecule has 2 N–H and O–H groups in total. The van der Waals surface area contributed by atoms with Gasteiger partial charge < -0.3 is 10.4 Å². The molecule has 0 amide bonds. The van der Waals surface area contributed by atoms with Crippen LogP contribution < -0.4 is 5.32 Å². The first-order chi connectivity index (χ1) is 12.9. The molecule has 0 saturated heterocycles. The molecule has 8 heteroatoms. The summed E-state index contributed by atoms with van der Waals surface area (Å²) in [6.07, 6.45) is 1.84. The highest BCUT2D eigenvalue weighted by molar-refractivity contribution is 5.78. The molecular formula is C19H19F3N4O. The molecule has 2 aromatic heterocycles. The Morgan fingerprint density at radius 3 is 2.63 bits per heavy atom. The van der Waals surface area contributed by atoms with Gasteiger partial charge in [-0.25, -0.2) is 9.50 Å². The lowest BCUT2D eigenvalue weighted by molar-refractivity contribution is -0.137. The van der Waals surface area contributed by atoms with Gasteiger partial charge in [-0.1, -0.05) is 12.1 Å². The zero-order valence-electron chi connectivity index (χ0n) is 14.4. The first kappa shape index (κ1) is 17.8. The molecule has 4 rings (SSSR count). The highest BCUT2D eigenvalue weighted by Crippen LogP contribution is 2.33. The van der Waals surface area contributed by atoms with Crippen molar-refractivity contribution in [1.82, 2.24) is 14.6 Å². The number of nitrogens with zero attached hydrogens (tertiary/aromatic N) is 3. The van der Waals surface area contributed by atoms with Crippen LogP contribution in [0.25, 0.3) is 16.8 Å². The van der Waals surface area contributed by atoms with Gasteiger partial charge in [0.1, 0.15) is 5.82 Å². The normalized spacial score (nSPS) is 20.7. The molecule has 0 aliphatic heterocycles. The number of halogens is 3. The van der Waals surface area contributed by atoms with Crippen molar-refractivity contribution in [2.24, 2.45) is 0 Å². The number of fused-ring (bicyclic) bond motifs is 1. The van der Waals surface area contributed by atoms with Crippen molar-refractivity contribution < 1.29 is 18.3 Å².